The van der Waals surface area contributed by atoms with E-state index in [9.17, 15) is 9.59 Å². The molecule has 0 bridgehead atoms. The van der Waals surface area contributed by atoms with E-state index in [0.717, 1.165) is 12.8 Å². The van der Waals surface area contributed by atoms with Crippen LogP contribution in [0.4, 0.5) is 4.79 Å². The predicted molar refractivity (Wildman–Crippen MR) is 109 cm³/mol. The van der Waals surface area contributed by atoms with E-state index in [-0.39, 0.29) is 6.54 Å². The molecule has 5 nitrogen and oxygen atoms in total. The van der Waals surface area contributed by atoms with Gasteiger partial charge in [-0.2, -0.15) is 0 Å². The van der Waals surface area contributed by atoms with Crippen LogP contribution in [0.15, 0.2) is 0 Å². The minimum Gasteiger partial charge on any atom is -0.480 e. The predicted octanol–water partition coefficient (Wildman–Crippen LogP) is 5.63. The largest absolute Gasteiger partial charge is 0.480 e. The van der Waals surface area contributed by atoms with Crippen LogP contribution in [-0.2, 0) is 4.79 Å². The van der Waals surface area contributed by atoms with Gasteiger partial charge in [0.1, 0.15) is 6.54 Å². The highest BCUT2D eigenvalue weighted by atomic mass is 16.4. The monoisotopic (exact) mass is 370 g/mol. The molecule has 154 valence electrons. The maximum absolute atomic E-state index is 11.2. The van der Waals surface area contributed by atoms with Crippen LogP contribution in [0.5, 0.6) is 0 Å². The summed E-state index contributed by atoms with van der Waals surface area (Å²) in [5.74, 6) is -1.03. The van der Waals surface area contributed by atoms with Gasteiger partial charge in [-0.05, 0) is 6.42 Å². The zero-order chi connectivity index (χ0) is 19.3. The van der Waals surface area contributed by atoms with Gasteiger partial charge in [0.15, 0.2) is 0 Å². The highest BCUT2D eigenvalue weighted by Crippen LogP contribution is 2.13. The van der Waals surface area contributed by atoms with Gasteiger partial charge in [-0.25, -0.2) is 4.79 Å². The van der Waals surface area contributed by atoms with E-state index in [1.165, 1.54) is 89.9 Å². The maximum Gasteiger partial charge on any atom is 0.323 e. The number of carboxylic acid groups (broad SMARTS) is 1. The zero-order valence-corrected chi connectivity index (χ0v) is 17.0. The Morgan fingerprint density at radius 1 is 0.615 bits per heavy atom. The summed E-state index contributed by atoms with van der Waals surface area (Å²) < 4.78 is 0. The topological polar surface area (TPSA) is 78.4 Å². The standard InChI is InChI=1S/C21H42N2O3/c1-2-3-4-5-6-7-8-9-10-11-12-13-14-15-16-17-18-22-21(26)23-19-20(24)25/h2-19H2,1H3,(H,24,25)(H2,22,23,26). The quantitative estimate of drug-likeness (QED) is 0.258. The van der Waals surface area contributed by atoms with E-state index in [1.807, 2.05) is 0 Å². The number of rotatable bonds is 19. The Morgan fingerprint density at radius 3 is 1.38 bits per heavy atom. The van der Waals surface area contributed by atoms with Crippen molar-refractivity contribution in [2.24, 2.45) is 0 Å². The second-order valence-corrected chi connectivity index (χ2v) is 7.31. The van der Waals surface area contributed by atoms with Crippen molar-refractivity contribution in [3.05, 3.63) is 0 Å². The van der Waals surface area contributed by atoms with Gasteiger partial charge in [0.25, 0.3) is 0 Å². The Hall–Kier alpha value is -1.26. The van der Waals surface area contributed by atoms with E-state index in [4.69, 9.17) is 5.11 Å². The summed E-state index contributed by atoms with van der Waals surface area (Å²) in [4.78, 5) is 21.5. The number of urea groups is 1. The van der Waals surface area contributed by atoms with E-state index in [2.05, 4.69) is 17.6 Å². The van der Waals surface area contributed by atoms with Gasteiger partial charge in [-0.1, -0.05) is 103 Å². The number of carbonyl (C=O) groups is 2. The smallest absolute Gasteiger partial charge is 0.323 e. The second kappa shape index (κ2) is 20.1. The molecule has 0 aromatic rings. The third-order valence-corrected chi connectivity index (χ3v) is 4.72. The van der Waals surface area contributed by atoms with Gasteiger partial charge in [-0.15, -0.1) is 0 Å². The number of carboxylic acids is 1. The second-order valence-electron chi connectivity index (χ2n) is 7.31. The van der Waals surface area contributed by atoms with Crippen LogP contribution in [0.2, 0.25) is 0 Å². The number of aliphatic carboxylic acids is 1. The molecule has 0 spiro atoms. The molecule has 0 unspecified atom stereocenters. The van der Waals surface area contributed by atoms with E-state index in [0.29, 0.717) is 6.54 Å². The van der Waals surface area contributed by atoms with Crippen LogP contribution in [0, 0.1) is 0 Å². The lowest BCUT2D eigenvalue weighted by atomic mass is 10.0. The molecule has 26 heavy (non-hydrogen) atoms. The van der Waals surface area contributed by atoms with E-state index >= 15 is 0 Å². The first-order chi connectivity index (χ1) is 12.7. The summed E-state index contributed by atoms with van der Waals surface area (Å²) in [6, 6.07) is -0.395. The number of unbranched alkanes of at least 4 members (excludes halogenated alkanes) is 15. The summed E-state index contributed by atoms with van der Waals surface area (Å²) in [6.45, 7) is 2.55. The first-order valence-corrected chi connectivity index (χ1v) is 10.9. The molecule has 3 N–H and O–H groups in total. The fourth-order valence-electron chi connectivity index (χ4n) is 3.09. The van der Waals surface area contributed by atoms with Crippen molar-refractivity contribution >= 4 is 12.0 Å². The minimum atomic E-state index is -1.03. The minimum absolute atomic E-state index is 0.329. The van der Waals surface area contributed by atoms with Crippen LogP contribution in [0.25, 0.3) is 0 Å². The fourth-order valence-corrected chi connectivity index (χ4v) is 3.09. The van der Waals surface area contributed by atoms with Crippen molar-refractivity contribution in [1.82, 2.24) is 10.6 Å². The number of carbonyl (C=O) groups excluding carboxylic acids is 1. The van der Waals surface area contributed by atoms with E-state index < -0.39 is 12.0 Å². The summed E-state index contributed by atoms with van der Waals surface area (Å²) in [6.07, 6.45) is 21.3. The van der Waals surface area contributed by atoms with Gasteiger partial charge in [0, 0.05) is 6.54 Å². The Balaban J connectivity index is 3.09. The van der Waals surface area contributed by atoms with Crippen LogP contribution in [-0.4, -0.2) is 30.2 Å². The van der Waals surface area contributed by atoms with Crippen molar-refractivity contribution < 1.29 is 14.7 Å². The Bertz CT molecular complexity index is 335. The highest BCUT2D eigenvalue weighted by Gasteiger charge is 2.01. The highest BCUT2D eigenvalue weighted by molar-refractivity contribution is 5.79. The van der Waals surface area contributed by atoms with Crippen molar-refractivity contribution in [2.45, 2.75) is 110 Å². The molecule has 0 saturated heterocycles. The van der Waals surface area contributed by atoms with Crippen molar-refractivity contribution in [1.29, 1.82) is 0 Å². The molecule has 0 saturated carbocycles. The number of nitrogens with one attached hydrogen (secondary N) is 2. The third kappa shape index (κ3) is 20.8. The number of amides is 2. The summed E-state index contributed by atoms with van der Waals surface area (Å²) in [5.41, 5.74) is 0. The molecular weight excluding hydrogens is 328 g/mol. The summed E-state index contributed by atoms with van der Waals surface area (Å²) >= 11 is 0. The normalized spacial score (nSPS) is 10.7. The Morgan fingerprint density at radius 2 is 1.00 bits per heavy atom. The summed E-state index contributed by atoms with van der Waals surface area (Å²) in [5, 5.41) is 13.4. The van der Waals surface area contributed by atoms with Crippen LogP contribution < -0.4 is 10.6 Å². The molecule has 0 fully saturated rings. The van der Waals surface area contributed by atoms with Gasteiger partial charge in [-0.3, -0.25) is 4.79 Å². The summed E-state index contributed by atoms with van der Waals surface area (Å²) in [7, 11) is 0. The fraction of sp³-hybridized carbons (Fsp3) is 0.905. The molecular formula is C21H42N2O3. The molecule has 0 rings (SSSR count). The Labute approximate surface area is 160 Å². The average Bonchev–Trinajstić information content (AvgIpc) is 2.62. The van der Waals surface area contributed by atoms with E-state index in [1.54, 1.807) is 0 Å². The molecule has 0 aliphatic heterocycles. The molecule has 0 aliphatic carbocycles. The van der Waals surface area contributed by atoms with Crippen molar-refractivity contribution in [3.8, 4) is 0 Å². The maximum atomic E-state index is 11.2. The zero-order valence-electron chi connectivity index (χ0n) is 17.0. The molecule has 2 amide bonds. The molecule has 5 heteroatoms. The van der Waals surface area contributed by atoms with Gasteiger partial charge < -0.3 is 15.7 Å². The first-order valence-electron chi connectivity index (χ1n) is 10.9. The van der Waals surface area contributed by atoms with Crippen molar-refractivity contribution in [3.63, 3.8) is 0 Å². The van der Waals surface area contributed by atoms with Gasteiger partial charge in [0.05, 0.1) is 0 Å². The molecule has 0 atom stereocenters. The van der Waals surface area contributed by atoms with Crippen LogP contribution in [0.1, 0.15) is 110 Å². The van der Waals surface area contributed by atoms with Crippen molar-refractivity contribution in [2.75, 3.05) is 13.1 Å². The van der Waals surface area contributed by atoms with Crippen LogP contribution in [0.3, 0.4) is 0 Å². The average molecular weight is 371 g/mol. The van der Waals surface area contributed by atoms with Gasteiger partial charge >= 0.3 is 12.0 Å². The number of hydrogen-bond acceptors (Lipinski definition) is 2. The SMILES string of the molecule is CCCCCCCCCCCCCCCCCCNC(=O)NCC(=O)O. The molecule has 0 heterocycles. The molecule has 0 radical (unpaired) electrons. The lowest BCUT2D eigenvalue weighted by Gasteiger charge is -2.06. The van der Waals surface area contributed by atoms with Crippen LogP contribution >= 0.6 is 0 Å². The first kappa shape index (κ1) is 24.7. The number of hydrogen-bond donors (Lipinski definition) is 3. The van der Waals surface area contributed by atoms with Gasteiger partial charge in [0.2, 0.25) is 0 Å². The Kier molecular flexibility index (Phi) is 19.1. The molecule has 0 aliphatic rings. The lowest BCUT2D eigenvalue weighted by Crippen LogP contribution is -2.38. The molecule has 0 aromatic heterocycles. The molecule has 0 aromatic carbocycles. The lowest BCUT2D eigenvalue weighted by molar-refractivity contribution is -0.135. The third-order valence-electron chi connectivity index (χ3n) is 4.72.